The molecule has 1 atom stereocenters. The van der Waals surface area contributed by atoms with Gasteiger partial charge in [0.1, 0.15) is 5.82 Å². The molecule has 0 aliphatic carbocycles. The molecule has 0 N–H and O–H groups in total. The van der Waals surface area contributed by atoms with Crippen LogP contribution in [-0.4, -0.2) is 30.7 Å². The lowest BCUT2D eigenvalue weighted by atomic mass is 9.95. The van der Waals surface area contributed by atoms with Gasteiger partial charge < -0.3 is 9.47 Å². The number of nitrogens with zero attached hydrogens (tertiary/aromatic N) is 2. The Morgan fingerprint density at radius 2 is 1.79 bits per heavy atom. The number of methoxy groups -OCH3 is 2. The van der Waals surface area contributed by atoms with Gasteiger partial charge in [-0.05, 0) is 42.8 Å². The van der Waals surface area contributed by atoms with Crippen molar-refractivity contribution in [2.24, 2.45) is 4.99 Å². The molecule has 1 aromatic heterocycles. The smallest absolute Gasteiger partial charge is 0.338 e. The first-order chi connectivity index (χ1) is 16.3. The van der Waals surface area contributed by atoms with Gasteiger partial charge in [-0.1, -0.05) is 41.1 Å². The lowest BCUT2D eigenvalue weighted by Crippen LogP contribution is -2.39. The Morgan fingerprint density at radius 1 is 1.12 bits per heavy atom. The van der Waals surface area contributed by atoms with Gasteiger partial charge in [-0.3, -0.25) is 9.36 Å². The van der Waals surface area contributed by atoms with Crippen molar-refractivity contribution in [3.8, 4) is 0 Å². The predicted molar refractivity (Wildman–Crippen MR) is 125 cm³/mol. The van der Waals surface area contributed by atoms with Gasteiger partial charge in [0.2, 0.25) is 0 Å². The molecule has 7 nitrogen and oxygen atoms in total. The summed E-state index contributed by atoms with van der Waals surface area (Å²) in [6.07, 6.45) is 1.37. The zero-order chi connectivity index (χ0) is 24.6. The van der Waals surface area contributed by atoms with E-state index < -0.39 is 29.4 Å². The van der Waals surface area contributed by atoms with Crippen LogP contribution < -0.4 is 14.9 Å². The van der Waals surface area contributed by atoms with Gasteiger partial charge in [0.15, 0.2) is 4.80 Å². The number of fused-ring (bicyclic) bond motifs is 1. The van der Waals surface area contributed by atoms with E-state index in [1.54, 1.807) is 31.2 Å². The van der Waals surface area contributed by atoms with Crippen LogP contribution in [0.25, 0.3) is 6.08 Å². The van der Waals surface area contributed by atoms with E-state index in [-0.39, 0.29) is 20.7 Å². The van der Waals surface area contributed by atoms with Gasteiger partial charge in [-0.25, -0.2) is 19.0 Å². The molecule has 0 saturated carbocycles. The molecule has 10 heteroatoms. The third-order valence-electron chi connectivity index (χ3n) is 5.35. The molecule has 1 unspecified atom stereocenters. The fourth-order valence-electron chi connectivity index (χ4n) is 3.71. The van der Waals surface area contributed by atoms with Crippen molar-refractivity contribution in [2.75, 3.05) is 14.2 Å². The number of carbonyl (C=O) groups is 2. The van der Waals surface area contributed by atoms with Crippen molar-refractivity contribution < 1.29 is 23.5 Å². The molecule has 0 fully saturated rings. The predicted octanol–water partition coefficient (Wildman–Crippen LogP) is 2.99. The highest BCUT2D eigenvalue weighted by molar-refractivity contribution is 7.07. The van der Waals surface area contributed by atoms with Crippen LogP contribution >= 0.6 is 22.9 Å². The number of hydrogen-bond acceptors (Lipinski definition) is 7. The molecule has 4 rings (SSSR count). The Bertz CT molecular complexity index is 1500. The average molecular weight is 501 g/mol. The van der Waals surface area contributed by atoms with Gasteiger partial charge in [0, 0.05) is 5.56 Å². The summed E-state index contributed by atoms with van der Waals surface area (Å²) in [5, 5.41) is 0.159. The van der Waals surface area contributed by atoms with Crippen LogP contribution in [-0.2, 0) is 14.3 Å². The second-order valence-electron chi connectivity index (χ2n) is 7.32. The average Bonchev–Trinajstić information content (AvgIpc) is 3.14. The summed E-state index contributed by atoms with van der Waals surface area (Å²) in [6.45, 7) is 1.65. The molecule has 0 bridgehead atoms. The zero-order valence-corrected chi connectivity index (χ0v) is 19.9. The van der Waals surface area contributed by atoms with Gasteiger partial charge in [0.25, 0.3) is 5.56 Å². The minimum Gasteiger partial charge on any atom is -0.466 e. The number of rotatable bonds is 4. The van der Waals surface area contributed by atoms with Crippen molar-refractivity contribution >= 4 is 41.0 Å². The summed E-state index contributed by atoms with van der Waals surface area (Å²) in [5.41, 5.74) is 1.03. The standard InChI is InChI=1S/C24H18ClFN2O5S/c1-12-19(23(31)33-3)20(13-7-9-14(10-8-13)22(30)32-2)28-21(29)18(34-24(28)27-12)11-15-16(25)5-4-6-17(15)26/h4-11,20H,1-3H3/b18-11-. The normalized spacial score (nSPS) is 15.6. The number of benzene rings is 2. The van der Waals surface area contributed by atoms with Crippen LogP contribution in [0.1, 0.15) is 34.5 Å². The number of hydrogen-bond donors (Lipinski definition) is 0. The molecular formula is C24H18ClFN2O5S. The lowest BCUT2D eigenvalue weighted by molar-refractivity contribution is -0.136. The number of ether oxygens (including phenoxy) is 2. The molecule has 3 aromatic rings. The Kier molecular flexibility index (Phi) is 6.49. The van der Waals surface area contributed by atoms with E-state index >= 15 is 0 Å². The van der Waals surface area contributed by atoms with Crippen LogP contribution in [0.15, 0.2) is 63.5 Å². The molecule has 0 saturated heterocycles. The van der Waals surface area contributed by atoms with Gasteiger partial charge in [-0.2, -0.15) is 0 Å². The summed E-state index contributed by atoms with van der Waals surface area (Å²) in [7, 11) is 2.52. The number of halogens is 2. The largest absolute Gasteiger partial charge is 0.466 e. The number of esters is 2. The lowest BCUT2D eigenvalue weighted by Gasteiger charge is -2.24. The molecule has 34 heavy (non-hydrogen) atoms. The second kappa shape index (κ2) is 9.36. The van der Waals surface area contributed by atoms with Gasteiger partial charge in [-0.15, -0.1) is 0 Å². The van der Waals surface area contributed by atoms with Crippen molar-refractivity contribution in [2.45, 2.75) is 13.0 Å². The minimum atomic E-state index is -0.867. The minimum absolute atomic E-state index is 0.0808. The molecule has 2 aromatic carbocycles. The monoisotopic (exact) mass is 500 g/mol. The number of allylic oxidation sites excluding steroid dienone is 1. The van der Waals surface area contributed by atoms with Gasteiger partial charge >= 0.3 is 11.9 Å². The highest BCUT2D eigenvalue weighted by Gasteiger charge is 2.33. The molecule has 2 heterocycles. The first-order valence-electron chi connectivity index (χ1n) is 10.00. The summed E-state index contributed by atoms with van der Waals surface area (Å²) < 4.78 is 25.6. The fourth-order valence-corrected chi connectivity index (χ4v) is 4.95. The van der Waals surface area contributed by atoms with Gasteiger partial charge in [0.05, 0.1) is 46.7 Å². The summed E-state index contributed by atoms with van der Waals surface area (Å²) in [5.74, 6) is -1.73. The molecular weight excluding hydrogens is 483 g/mol. The van der Waals surface area contributed by atoms with E-state index in [0.29, 0.717) is 21.6 Å². The molecule has 0 spiro atoms. The van der Waals surface area contributed by atoms with E-state index in [0.717, 1.165) is 11.3 Å². The molecule has 1 aliphatic heterocycles. The maximum atomic E-state index is 14.4. The topological polar surface area (TPSA) is 87.0 Å². The Balaban J connectivity index is 1.96. The van der Waals surface area contributed by atoms with Crippen molar-refractivity contribution in [1.29, 1.82) is 0 Å². The quantitative estimate of drug-likeness (QED) is 0.514. The van der Waals surface area contributed by atoms with Crippen molar-refractivity contribution in [3.63, 3.8) is 0 Å². The van der Waals surface area contributed by atoms with Crippen LogP contribution in [0.5, 0.6) is 0 Å². The molecule has 0 amide bonds. The maximum absolute atomic E-state index is 14.4. The number of thiazole rings is 1. The van der Waals surface area contributed by atoms with Crippen LogP contribution in [0.4, 0.5) is 4.39 Å². The van der Waals surface area contributed by atoms with Crippen LogP contribution in [0, 0.1) is 5.82 Å². The van der Waals surface area contributed by atoms with E-state index in [9.17, 15) is 18.8 Å². The summed E-state index contributed by atoms with van der Waals surface area (Å²) in [6, 6.07) is 9.72. The van der Waals surface area contributed by atoms with Crippen molar-refractivity contribution in [1.82, 2.24) is 4.57 Å². The van der Waals surface area contributed by atoms with Crippen LogP contribution in [0.2, 0.25) is 5.02 Å². The van der Waals surface area contributed by atoms with Crippen molar-refractivity contribution in [3.05, 3.63) is 101 Å². The first-order valence-corrected chi connectivity index (χ1v) is 11.2. The molecule has 0 radical (unpaired) electrons. The Morgan fingerprint density at radius 3 is 2.41 bits per heavy atom. The zero-order valence-electron chi connectivity index (χ0n) is 18.3. The third kappa shape index (κ3) is 4.08. The number of carbonyl (C=O) groups excluding carboxylic acids is 2. The Labute approximate surface area is 202 Å². The van der Waals surface area contributed by atoms with E-state index in [4.69, 9.17) is 21.1 Å². The Hall–Kier alpha value is -3.56. The van der Waals surface area contributed by atoms with E-state index in [1.165, 1.54) is 43.1 Å². The highest BCUT2D eigenvalue weighted by Crippen LogP contribution is 2.31. The van der Waals surface area contributed by atoms with E-state index in [1.807, 2.05) is 0 Å². The first kappa shape index (κ1) is 23.6. The van der Waals surface area contributed by atoms with E-state index in [2.05, 4.69) is 4.99 Å². The van der Waals surface area contributed by atoms with Crippen LogP contribution in [0.3, 0.4) is 0 Å². The molecule has 174 valence electrons. The SMILES string of the molecule is COC(=O)C1=C(C)N=c2s/c(=C\c3c(F)cccc3Cl)c(=O)n2C1c1ccc(C(=O)OC)cc1. The second-order valence-corrected chi connectivity index (χ2v) is 8.74. The number of aromatic nitrogens is 1. The summed E-state index contributed by atoms with van der Waals surface area (Å²) in [4.78, 5) is 42.8. The summed E-state index contributed by atoms with van der Waals surface area (Å²) >= 11 is 7.19. The highest BCUT2D eigenvalue weighted by atomic mass is 35.5. The maximum Gasteiger partial charge on any atom is 0.338 e. The third-order valence-corrected chi connectivity index (χ3v) is 6.66. The fraction of sp³-hybridized carbons (Fsp3) is 0.167. The molecule has 1 aliphatic rings.